The summed E-state index contributed by atoms with van der Waals surface area (Å²) < 4.78 is 0. The Kier molecular flexibility index (Phi) is 4.18. The lowest BCUT2D eigenvalue weighted by Gasteiger charge is -2.37. The van der Waals surface area contributed by atoms with Gasteiger partial charge in [-0.25, -0.2) is 4.98 Å². The van der Waals surface area contributed by atoms with Gasteiger partial charge in [-0.2, -0.15) is 0 Å². The first-order valence-electron chi connectivity index (χ1n) is 7.48. The van der Waals surface area contributed by atoms with Crippen molar-refractivity contribution in [3.63, 3.8) is 0 Å². The molecule has 1 aromatic heterocycles. The first kappa shape index (κ1) is 13.8. The molecule has 1 aromatic carbocycles. The van der Waals surface area contributed by atoms with Crippen molar-refractivity contribution in [3.05, 3.63) is 51.5 Å². The number of thiazole rings is 1. The highest BCUT2D eigenvalue weighted by molar-refractivity contribution is 7.11. The van der Waals surface area contributed by atoms with Gasteiger partial charge in [0.25, 0.3) is 0 Å². The summed E-state index contributed by atoms with van der Waals surface area (Å²) in [6.07, 6.45) is 5.63. The molecular weight excluding hydrogens is 264 g/mol. The molecule has 1 aliphatic carbocycles. The predicted molar refractivity (Wildman–Crippen MR) is 85.3 cm³/mol. The van der Waals surface area contributed by atoms with Crippen molar-refractivity contribution < 1.29 is 0 Å². The quantitative estimate of drug-likeness (QED) is 0.897. The van der Waals surface area contributed by atoms with Crippen LogP contribution in [-0.2, 0) is 13.0 Å². The summed E-state index contributed by atoms with van der Waals surface area (Å²) in [6, 6.07) is 9.45. The highest BCUT2D eigenvalue weighted by atomic mass is 32.1. The van der Waals surface area contributed by atoms with Crippen molar-refractivity contribution in [1.29, 1.82) is 0 Å². The fraction of sp³-hybridized carbons (Fsp3) is 0.471. The molecule has 0 bridgehead atoms. The fourth-order valence-electron chi connectivity index (χ4n) is 2.91. The third-order valence-corrected chi connectivity index (χ3v) is 5.40. The molecule has 0 unspecified atom stereocenters. The van der Waals surface area contributed by atoms with Crippen LogP contribution in [0.5, 0.6) is 0 Å². The van der Waals surface area contributed by atoms with E-state index in [1.807, 2.05) is 17.5 Å². The van der Waals surface area contributed by atoms with Crippen molar-refractivity contribution in [2.45, 2.75) is 51.6 Å². The molecule has 1 N–H and O–H groups in total. The van der Waals surface area contributed by atoms with Gasteiger partial charge in [0, 0.05) is 23.7 Å². The standard InChI is InChI=1S/C17H22N2S/c1-3-15-10-19-17(20-15)11-18-14-8-13(9-14)16-7-5-4-6-12(16)2/h4-7,10,13-14,18H,3,8-9,11H2,1-2H3. The second-order valence-corrected chi connectivity index (χ2v) is 6.88. The number of nitrogens with one attached hydrogen (secondary N) is 1. The number of benzene rings is 1. The average molecular weight is 286 g/mol. The lowest BCUT2D eigenvalue weighted by Crippen LogP contribution is -2.39. The number of aryl methyl sites for hydroxylation is 2. The number of nitrogens with zero attached hydrogens (tertiary/aromatic N) is 1. The van der Waals surface area contributed by atoms with Gasteiger partial charge < -0.3 is 5.32 Å². The molecule has 2 nitrogen and oxygen atoms in total. The number of hydrogen-bond donors (Lipinski definition) is 1. The molecule has 3 heteroatoms. The van der Waals surface area contributed by atoms with E-state index in [1.165, 1.54) is 33.9 Å². The minimum absolute atomic E-state index is 0.661. The summed E-state index contributed by atoms with van der Waals surface area (Å²) in [5.74, 6) is 0.746. The first-order valence-corrected chi connectivity index (χ1v) is 8.30. The SMILES string of the molecule is CCc1cnc(CNC2CC(c3ccccc3C)C2)s1. The Morgan fingerprint density at radius 3 is 2.80 bits per heavy atom. The summed E-state index contributed by atoms with van der Waals surface area (Å²) in [6.45, 7) is 5.33. The second-order valence-electron chi connectivity index (χ2n) is 5.68. The molecule has 20 heavy (non-hydrogen) atoms. The van der Waals surface area contributed by atoms with E-state index in [4.69, 9.17) is 0 Å². The van der Waals surface area contributed by atoms with Crippen LogP contribution >= 0.6 is 11.3 Å². The highest BCUT2D eigenvalue weighted by Crippen LogP contribution is 2.38. The Morgan fingerprint density at radius 1 is 1.30 bits per heavy atom. The van der Waals surface area contributed by atoms with Gasteiger partial charge in [0.15, 0.2) is 0 Å². The van der Waals surface area contributed by atoms with Crippen LogP contribution in [0.25, 0.3) is 0 Å². The van der Waals surface area contributed by atoms with Crippen molar-refractivity contribution in [2.75, 3.05) is 0 Å². The first-order chi connectivity index (χ1) is 9.76. The third kappa shape index (κ3) is 2.94. The molecule has 1 heterocycles. The Balaban J connectivity index is 1.48. The Bertz CT molecular complexity index is 570. The predicted octanol–water partition coefficient (Wildman–Crippen LogP) is 4.05. The molecule has 0 aliphatic heterocycles. The van der Waals surface area contributed by atoms with Crippen molar-refractivity contribution in [3.8, 4) is 0 Å². The van der Waals surface area contributed by atoms with Crippen LogP contribution in [0.4, 0.5) is 0 Å². The van der Waals surface area contributed by atoms with Crippen LogP contribution in [0.1, 0.15) is 46.7 Å². The van der Waals surface area contributed by atoms with Gasteiger partial charge in [-0.1, -0.05) is 31.2 Å². The van der Waals surface area contributed by atoms with Gasteiger partial charge in [-0.3, -0.25) is 0 Å². The fourth-order valence-corrected chi connectivity index (χ4v) is 3.72. The van der Waals surface area contributed by atoms with E-state index >= 15 is 0 Å². The minimum atomic E-state index is 0.661. The van der Waals surface area contributed by atoms with Crippen LogP contribution in [0, 0.1) is 6.92 Å². The summed E-state index contributed by atoms with van der Waals surface area (Å²) in [5.41, 5.74) is 2.97. The summed E-state index contributed by atoms with van der Waals surface area (Å²) in [4.78, 5) is 5.85. The van der Waals surface area contributed by atoms with E-state index in [0.29, 0.717) is 6.04 Å². The normalized spacial score (nSPS) is 21.7. The molecule has 0 radical (unpaired) electrons. The summed E-state index contributed by atoms with van der Waals surface area (Å²) in [5, 5.41) is 4.86. The van der Waals surface area contributed by atoms with Gasteiger partial charge in [-0.05, 0) is 43.2 Å². The maximum atomic E-state index is 4.46. The molecular formula is C17H22N2S. The lowest BCUT2D eigenvalue weighted by molar-refractivity contribution is 0.289. The Labute approximate surface area is 125 Å². The second kappa shape index (κ2) is 6.06. The molecule has 1 aliphatic rings. The monoisotopic (exact) mass is 286 g/mol. The van der Waals surface area contributed by atoms with Gasteiger partial charge in [0.1, 0.15) is 5.01 Å². The Morgan fingerprint density at radius 2 is 2.10 bits per heavy atom. The van der Waals surface area contributed by atoms with Crippen molar-refractivity contribution in [1.82, 2.24) is 10.3 Å². The molecule has 0 amide bonds. The Hall–Kier alpha value is -1.19. The maximum absolute atomic E-state index is 4.46. The van der Waals surface area contributed by atoms with Gasteiger partial charge in [0.2, 0.25) is 0 Å². The van der Waals surface area contributed by atoms with E-state index < -0.39 is 0 Å². The lowest BCUT2D eigenvalue weighted by atomic mass is 9.74. The molecule has 3 rings (SSSR count). The molecule has 0 saturated heterocycles. The van der Waals surface area contributed by atoms with E-state index in [2.05, 4.69) is 48.4 Å². The van der Waals surface area contributed by atoms with Crippen LogP contribution in [0.3, 0.4) is 0 Å². The van der Waals surface area contributed by atoms with Crippen molar-refractivity contribution in [2.24, 2.45) is 0 Å². The molecule has 0 spiro atoms. The van der Waals surface area contributed by atoms with Gasteiger partial charge in [0.05, 0.1) is 0 Å². The molecule has 1 saturated carbocycles. The van der Waals surface area contributed by atoms with Crippen molar-refractivity contribution >= 4 is 11.3 Å². The highest BCUT2D eigenvalue weighted by Gasteiger charge is 2.30. The van der Waals surface area contributed by atoms with E-state index in [1.54, 1.807) is 0 Å². The van der Waals surface area contributed by atoms with Crippen LogP contribution in [-0.4, -0.2) is 11.0 Å². The molecule has 106 valence electrons. The van der Waals surface area contributed by atoms with Crippen LogP contribution < -0.4 is 5.32 Å². The van der Waals surface area contributed by atoms with Gasteiger partial charge >= 0.3 is 0 Å². The zero-order chi connectivity index (χ0) is 13.9. The largest absolute Gasteiger partial charge is 0.308 e. The number of hydrogen-bond acceptors (Lipinski definition) is 3. The van der Waals surface area contributed by atoms with E-state index in [-0.39, 0.29) is 0 Å². The third-order valence-electron chi connectivity index (χ3n) is 4.26. The number of aromatic nitrogens is 1. The zero-order valence-corrected chi connectivity index (χ0v) is 13.0. The average Bonchev–Trinajstić information content (AvgIpc) is 2.87. The smallest absolute Gasteiger partial charge is 0.107 e. The maximum Gasteiger partial charge on any atom is 0.107 e. The molecule has 2 aromatic rings. The van der Waals surface area contributed by atoms with Gasteiger partial charge in [-0.15, -0.1) is 11.3 Å². The molecule has 0 atom stereocenters. The van der Waals surface area contributed by atoms with Crippen LogP contribution in [0.2, 0.25) is 0 Å². The van der Waals surface area contributed by atoms with E-state index in [9.17, 15) is 0 Å². The molecule has 1 fully saturated rings. The topological polar surface area (TPSA) is 24.9 Å². The number of rotatable bonds is 5. The summed E-state index contributed by atoms with van der Waals surface area (Å²) >= 11 is 1.84. The van der Waals surface area contributed by atoms with Crippen LogP contribution in [0.15, 0.2) is 30.5 Å². The van der Waals surface area contributed by atoms with E-state index in [0.717, 1.165) is 18.9 Å². The summed E-state index contributed by atoms with van der Waals surface area (Å²) in [7, 11) is 0. The zero-order valence-electron chi connectivity index (χ0n) is 12.2. The minimum Gasteiger partial charge on any atom is -0.308 e.